The van der Waals surface area contributed by atoms with Crippen molar-refractivity contribution in [2.24, 2.45) is 0 Å². The van der Waals surface area contributed by atoms with Crippen LogP contribution in [0.4, 0.5) is 11.4 Å². The standard InChI is InChI=1S/C16H18N2O2S/c1-2-12-5-3-4-6-16(12)18-21(19,20)14-7-8-15-13(11-14)9-10-17-15/h3-8,11,17-18H,2,9-10H2,1H3. The first-order chi connectivity index (χ1) is 10.1. The molecule has 2 aromatic rings. The molecule has 1 aliphatic rings. The summed E-state index contributed by atoms with van der Waals surface area (Å²) in [7, 11) is -3.55. The fourth-order valence-corrected chi connectivity index (χ4v) is 3.73. The molecule has 0 aromatic heterocycles. The van der Waals surface area contributed by atoms with Crippen LogP contribution in [0.5, 0.6) is 0 Å². The first-order valence-electron chi connectivity index (χ1n) is 7.07. The van der Waals surface area contributed by atoms with E-state index in [9.17, 15) is 8.42 Å². The lowest BCUT2D eigenvalue weighted by Crippen LogP contribution is -2.14. The van der Waals surface area contributed by atoms with E-state index >= 15 is 0 Å². The average Bonchev–Trinajstić information content (AvgIpc) is 2.95. The van der Waals surface area contributed by atoms with E-state index in [0.717, 1.165) is 36.2 Å². The summed E-state index contributed by atoms with van der Waals surface area (Å²) in [6, 6.07) is 12.7. The Morgan fingerprint density at radius 1 is 1.19 bits per heavy atom. The zero-order valence-corrected chi connectivity index (χ0v) is 12.7. The molecule has 1 aliphatic heterocycles. The van der Waals surface area contributed by atoms with Gasteiger partial charge < -0.3 is 5.32 Å². The minimum absolute atomic E-state index is 0.316. The van der Waals surface area contributed by atoms with Gasteiger partial charge in [0.1, 0.15) is 0 Å². The molecule has 2 aromatic carbocycles. The average molecular weight is 302 g/mol. The largest absolute Gasteiger partial charge is 0.384 e. The Morgan fingerprint density at radius 3 is 2.81 bits per heavy atom. The lowest BCUT2D eigenvalue weighted by Gasteiger charge is -2.12. The highest BCUT2D eigenvalue weighted by molar-refractivity contribution is 7.92. The third-order valence-corrected chi connectivity index (χ3v) is 5.10. The monoisotopic (exact) mass is 302 g/mol. The van der Waals surface area contributed by atoms with Crippen LogP contribution in [0.1, 0.15) is 18.1 Å². The van der Waals surface area contributed by atoms with Crippen LogP contribution in [-0.2, 0) is 22.9 Å². The Labute approximate surface area is 125 Å². The molecular formula is C16H18N2O2S. The maximum absolute atomic E-state index is 12.5. The van der Waals surface area contributed by atoms with Gasteiger partial charge in [0.2, 0.25) is 0 Å². The number of sulfonamides is 1. The summed E-state index contributed by atoms with van der Waals surface area (Å²) in [4.78, 5) is 0.316. The highest BCUT2D eigenvalue weighted by atomic mass is 32.2. The predicted molar refractivity (Wildman–Crippen MR) is 85.3 cm³/mol. The van der Waals surface area contributed by atoms with Crippen LogP contribution in [-0.4, -0.2) is 15.0 Å². The van der Waals surface area contributed by atoms with Crippen LogP contribution in [0, 0.1) is 0 Å². The first kappa shape index (κ1) is 13.9. The summed E-state index contributed by atoms with van der Waals surface area (Å²) in [5.41, 5.74) is 3.73. The van der Waals surface area contributed by atoms with Crippen molar-refractivity contribution >= 4 is 21.4 Å². The quantitative estimate of drug-likeness (QED) is 0.912. The van der Waals surface area contributed by atoms with E-state index in [1.54, 1.807) is 18.2 Å². The Morgan fingerprint density at radius 2 is 2.00 bits per heavy atom. The van der Waals surface area contributed by atoms with E-state index in [4.69, 9.17) is 0 Å². The molecule has 2 N–H and O–H groups in total. The molecule has 4 nitrogen and oxygen atoms in total. The Hall–Kier alpha value is -2.01. The van der Waals surface area contributed by atoms with E-state index in [1.807, 2.05) is 31.2 Å². The van der Waals surface area contributed by atoms with Crippen molar-refractivity contribution in [2.45, 2.75) is 24.7 Å². The van der Waals surface area contributed by atoms with Crippen LogP contribution in [0.25, 0.3) is 0 Å². The molecule has 0 spiro atoms. The number of rotatable bonds is 4. The van der Waals surface area contributed by atoms with Gasteiger partial charge in [-0.15, -0.1) is 0 Å². The van der Waals surface area contributed by atoms with Crippen molar-refractivity contribution in [1.29, 1.82) is 0 Å². The maximum Gasteiger partial charge on any atom is 0.261 e. The molecule has 0 fully saturated rings. The number of nitrogens with one attached hydrogen (secondary N) is 2. The van der Waals surface area contributed by atoms with Crippen molar-refractivity contribution in [3.8, 4) is 0 Å². The zero-order chi connectivity index (χ0) is 14.9. The van der Waals surface area contributed by atoms with Gasteiger partial charge in [0.05, 0.1) is 10.6 Å². The van der Waals surface area contributed by atoms with Crippen molar-refractivity contribution in [2.75, 3.05) is 16.6 Å². The lowest BCUT2D eigenvalue weighted by molar-refractivity contribution is 0.601. The molecule has 110 valence electrons. The van der Waals surface area contributed by atoms with E-state index in [1.165, 1.54) is 0 Å². The van der Waals surface area contributed by atoms with Crippen LogP contribution >= 0.6 is 0 Å². The van der Waals surface area contributed by atoms with Crippen LogP contribution in [0.15, 0.2) is 47.4 Å². The summed E-state index contributed by atoms with van der Waals surface area (Å²) in [6.45, 7) is 2.87. The molecule has 3 rings (SSSR count). The molecule has 0 unspecified atom stereocenters. The number of benzene rings is 2. The molecule has 1 heterocycles. The van der Waals surface area contributed by atoms with Gasteiger partial charge in [-0.2, -0.15) is 0 Å². The number of fused-ring (bicyclic) bond motifs is 1. The Balaban J connectivity index is 1.94. The minimum Gasteiger partial charge on any atom is -0.384 e. The highest BCUT2D eigenvalue weighted by Crippen LogP contribution is 2.27. The highest BCUT2D eigenvalue weighted by Gasteiger charge is 2.19. The van der Waals surface area contributed by atoms with Gasteiger partial charge in [-0.25, -0.2) is 8.42 Å². The third-order valence-electron chi connectivity index (χ3n) is 3.74. The Kier molecular flexibility index (Phi) is 3.59. The molecule has 0 amide bonds. The van der Waals surface area contributed by atoms with Crippen molar-refractivity contribution in [3.63, 3.8) is 0 Å². The molecule has 0 radical (unpaired) electrons. The number of hydrogen-bond acceptors (Lipinski definition) is 3. The second-order valence-corrected chi connectivity index (χ2v) is 6.79. The normalized spacial score (nSPS) is 13.6. The summed E-state index contributed by atoms with van der Waals surface area (Å²) in [5.74, 6) is 0. The molecule has 5 heteroatoms. The number of para-hydroxylation sites is 1. The van der Waals surface area contributed by atoms with Gasteiger partial charge in [0.25, 0.3) is 10.0 Å². The second kappa shape index (κ2) is 5.41. The van der Waals surface area contributed by atoms with E-state index in [0.29, 0.717) is 10.6 Å². The van der Waals surface area contributed by atoms with Gasteiger partial charge in [-0.3, -0.25) is 4.72 Å². The summed E-state index contributed by atoms with van der Waals surface area (Å²) in [5, 5.41) is 3.23. The van der Waals surface area contributed by atoms with Crippen LogP contribution < -0.4 is 10.0 Å². The molecule has 0 aliphatic carbocycles. The molecule has 21 heavy (non-hydrogen) atoms. The first-order valence-corrected chi connectivity index (χ1v) is 8.56. The van der Waals surface area contributed by atoms with E-state index in [2.05, 4.69) is 10.0 Å². The summed E-state index contributed by atoms with van der Waals surface area (Å²) in [6.07, 6.45) is 1.65. The van der Waals surface area contributed by atoms with Gasteiger partial charge in [0.15, 0.2) is 0 Å². The SMILES string of the molecule is CCc1ccccc1NS(=O)(=O)c1ccc2c(c1)CCN2. The molecular weight excluding hydrogens is 284 g/mol. The third kappa shape index (κ3) is 2.74. The zero-order valence-electron chi connectivity index (χ0n) is 11.9. The van der Waals surface area contributed by atoms with Crippen molar-refractivity contribution < 1.29 is 8.42 Å². The smallest absolute Gasteiger partial charge is 0.261 e. The Bertz CT molecular complexity index is 770. The van der Waals surface area contributed by atoms with Gasteiger partial charge >= 0.3 is 0 Å². The van der Waals surface area contributed by atoms with Gasteiger partial charge in [-0.1, -0.05) is 25.1 Å². The number of hydrogen-bond donors (Lipinski definition) is 2. The molecule has 0 saturated heterocycles. The van der Waals surface area contributed by atoms with Crippen molar-refractivity contribution in [1.82, 2.24) is 0 Å². The summed E-state index contributed by atoms with van der Waals surface area (Å²) < 4.78 is 27.8. The fourth-order valence-electron chi connectivity index (χ4n) is 2.58. The number of anilines is 2. The van der Waals surface area contributed by atoms with Gasteiger partial charge in [0, 0.05) is 12.2 Å². The maximum atomic E-state index is 12.5. The van der Waals surface area contributed by atoms with E-state index in [-0.39, 0.29) is 0 Å². The second-order valence-electron chi connectivity index (χ2n) is 5.11. The predicted octanol–water partition coefficient (Wildman–Crippen LogP) is 3.02. The van der Waals surface area contributed by atoms with Crippen LogP contribution in [0.2, 0.25) is 0 Å². The minimum atomic E-state index is -3.55. The molecule has 0 atom stereocenters. The van der Waals surface area contributed by atoms with Crippen LogP contribution in [0.3, 0.4) is 0 Å². The summed E-state index contributed by atoms with van der Waals surface area (Å²) >= 11 is 0. The van der Waals surface area contributed by atoms with Crippen molar-refractivity contribution in [3.05, 3.63) is 53.6 Å². The molecule has 0 bridgehead atoms. The topological polar surface area (TPSA) is 58.2 Å². The van der Waals surface area contributed by atoms with E-state index < -0.39 is 10.0 Å². The lowest BCUT2D eigenvalue weighted by atomic mass is 10.1. The fraction of sp³-hybridized carbons (Fsp3) is 0.250. The van der Waals surface area contributed by atoms with Gasteiger partial charge in [-0.05, 0) is 48.2 Å². The molecule has 0 saturated carbocycles. The number of aryl methyl sites for hydroxylation is 1.